The summed E-state index contributed by atoms with van der Waals surface area (Å²) in [6.07, 6.45) is 1.84. The highest BCUT2D eigenvalue weighted by Gasteiger charge is 2.41. The number of rotatable bonds is 3. The molecule has 0 aliphatic heterocycles. The number of nitrogens with zero attached hydrogens (tertiary/aromatic N) is 1. The molecule has 0 saturated heterocycles. The monoisotopic (exact) mass is 309 g/mol. The maximum Gasteiger partial charge on any atom is 0.146 e. The van der Waals surface area contributed by atoms with Crippen LogP contribution in [0, 0.1) is 11.5 Å². The third kappa shape index (κ3) is 3.10. The van der Waals surface area contributed by atoms with Crippen LogP contribution in [0.4, 0.5) is 0 Å². The van der Waals surface area contributed by atoms with Crippen LogP contribution in [0.2, 0.25) is 16.6 Å². The van der Waals surface area contributed by atoms with E-state index in [2.05, 4.69) is 82.3 Å². The molecular formula is C20H27NSi. The second-order valence-electron chi connectivity index (χ2n) is 7.06. The SMILES string of the molecule is CC(C)[Si](C#Cc1ccc2ncccc2c1)(C(C)C)C(C)C. The third-order valence-electron chi connectivity index (χ3n) is 4.89. The highest BCUT2D eigenvalue weighted by atomic mass is 28.3. The molecule has 0 radical (unpaired) electrons. The van der Waals surface area contributed by atoms with Gasteiger partial charge in [-0.15, -0.1) is 5.54 Å². The van der Waals surface area contributed by atoms with E-state index in [1.165, 1.54) is 5.39 Å². The van der Waals surface area contributed by atoms with Gasteiger partial charge < -0.3 is 0 Å². The van der Waals surface area contributed by atoms with Gasteiger partial charge >= 0.3 is 0 Å². The molecule has 0 atom stereocenters. The van der Waals surface area contributed by atoms with Gasteiger partial charge in [-0.1, -0.05) is 53.5 Å². The van der Waals surface area contributed by atoms with Crippen molar-refractivity contribution in [1.29, 1.82) is 0 Å². The predicted octanol–water partition coefficient (Wildman–Crippen LogP) is 5.80. The lowest BCUT2D eigenvalue weighted by Crippen LogP contribution is -2.43. The summed E-state index contributed by atoms with van der Waals surface area (Å²) in [5.41, 5.74) is 7.93. The lowest BCUT2D eigenvalue weighted by atomic mass is 10.1. The number of hydrogen-bond donors (Lipinski definition) is 0. The fraction of sp³-hybridized carbons (Fsp3) is 0.450. The summed E-state index contributed by atoms with van der Waals surface area (Å²) < 4.78 is 0. The van der Waals surface area contributed by atoms with E-state index in [4.69, 9.17) is 0 Å². The Morgan fingerprint density at radius 3 is 2.14 bits per heavy atom. The largest absolute Gasteiger partial charge is 0.256 e. The molecule has 116 valence electrons. The number of aromatic nitrogens is 1. The smallest absolute Gasteiger partial charge is 0.146 e. The van der Waals surface area contributed by atoms with Crippen LogP contribution in [-0.2, 0) is 0 Å². The van der Waals surface area contributed by atoms with E-state index in [1.807, 2.05) is 12.3 Å². The first kappa shape index (κ1) is 16.8. The zero-order valence-corrected chi connectivity index (χ0v) is 15.6. The van der Waals surface area contributed by atoms with E-state index in [0.29, 0.717) is 16.6 Å². The highest BCUT2D eigenvalue weighted by Crippen LogP contribution is 2.40. The summed E-state index contributed by atoms with van der Waals surface area (Å²) in [6.45, 7) is 14.1. The van der Waals surface area contributed by atoms with E-state index < -0.39 is 8.07 Å². The molecular weight excluding hydrogens is 282 g/mol. The molecule has 0 N–H and O–H groups in total. The van der Waals surface area contributed by atoms with Crippen molar-refractivity contribution < 1.29 is 0 Å². The van der Waals surface area contributed by atoms with Crippen LogP contribution >= 0.6 is 0 Å². The Kier molecular flexibility index (Phi) is 5.08. The van der Waals surface area contributed by atoms with E-state index in [1.54, 1.807) is 0 Å². The summed E-state index contributed by atoms with van der Waals surface area (Å²) >= 11 is 0. The minimum atomic E-state index is -1.65. The van der Waals surface area contributed by atoms with Crippen LogP contribution in [0.15, 0.2) is 36.5 Å². The number of hydrogen-bond acceptors (Lipinski definition) is 1. The van der Waals surface area contributed by atoms with Crippen molar-refractivity contribution in [3.05, 3.63) is 42.1 Å². The van der Waals surface area contributed by atoms with Crippen molar-refractivity contribution in [2.24, 2.45) is 0 Å². The Labute approximate surface area is 136 Å². The Morgan fingerprint density at radius 1 is 0.909 bits per heavy atom. The van der Waals surface area contributed by atoms with Gasteiger partial charge in [-0.3, -0.25) is 4.98 Å². The van der Waals surface area contributed by atoms with Gasteiger partial charge in [0.05, 0.1) is 5.52 Å². The van der Waals surface area contributed by atoms with Crippen LogP contribution in [0.1, 0.15) is 47.1 Å². The molecule has 0 fully saturated rings. The first-order valence-electron chi connectivity index (χ1n) is 8.26. The van der Waals surface area contributed by atoms with E-state index in [-0.39, 0.29) is 0 Å². The minimum absolute atomic E-state index is 0.669. The Balaban J connectivity index is 2.47. The van der Waals surface area contributed by atoms with E-state index in [9.17, 15) is 0 Å². The maximum absolute atomic E-state index is 4.38. The predicted molar refractivity (Wildman–Crippen MR) is 99.7 cm³/mol. The molecule has 0 amide bonds. The fourth-order valence-corrected chi connectivity index (χ4v) is 8.99. The molecule has 0 aliphatic carbocycles. The Hall–Kier alpha value is -1.59. The second-order valence-corrected chi connectivity index (χ2v) is 12.6. The number of pyridine rings is 1. The summed E-state index contributed by atoms with van der Waals surface area (Å²) in [5, 5.41) is 1.17. The fourth-order valence-electron chi connectivity index (χ4n) is 3.77. The zero-order chi connectivity index (χ0) is 16.3. The third-order valence-corrected chi connectivity index (χ3v) is 11.2. The number of benzene rings is 1. The molecule has 1 aromatic heterocycles. The zero-order valence-electron chi connectivity index (χ0n) is 14.6. The van der Waals surface area contributed by atoms with Gasteiger partial charge in [0, 0.05) is 17.1 Å². The van der Waals surface area contributed by atoms with Crippen molar-refractivity contribution in [2.75, 3.05) is 0 Å². The Bertz CT molecular complexity index is 682. The van der Waals surface area contributed by atoms with Gasteiger partial charge in [-0.05, 0) is 40.9 Å². The topological polar surface area (TPSA) is 12.9 Å². The first-order chi connectivity index (χ1) is 10.4. The minimum Gasteiger partial charge on any atom is -0.256 e. The average Bonchev–Trinajstić information content (AvgIpc) is 2.46. The molecule has 1 heterocycles. The second kappa shape index (κ2) is 6.67. The van der Waals surface area contributed by atoms with E-state index in [0.717, 1.165) is 11.1 Å². The van der Waals surface area contributed by atoms with Gasteiger partial charge in [0.25, 0.3) is 0 Å². The summed E-state index contributed by atoms with van der Waals surface area (Å²) in [7, 11) is -1.65. The quantitative estimate of drug-likeness (QED) is 0.515. The van der Waals surface area contributed by atoms with Crippen LogP contribution < -0.4 is 0 Å². The van der Waals surface area contributed by atoms with Gasteiger partial charge in [-0.25, -0.2) is 0 Å². The molecule has 22 heavy (non-hydrogen) atoms. The molecule has 0 bridgehead atoms. The van der Waals surface area contributed by atoms with Crippen molar-refractivity contribution >= 4 is 19.0 Å². The lowest BCUT2D eigenvalue weighted by Gasteiger charge is -2.38. The summed E-state index contributed by atoms with van der Waals surface area (Å²) in [5.74, 6) is 3.51. The molecule has 2 rings (SSSR count). The van der Waals surface area contributed by atoms with E-state index >= 15 is 0 Å². The molecule has 2 heteroatoms. The van der Waals surface area contributed by atoms with Gasteiger partial charge in [0.15, 0.2) is 0 Å². The Morgan fingerprint density at radius 2 is 1.55 bits per heavy atom. The van der Waals surface area contributed by atoms with Crippen molar-refractivity contribution in [1.82, 2.24) is 4.98 Å². The standard InChI is InChI=1S/C20H27NSi/c1-15(2)22(16(3)4,17(5)6)13-11-18-9-10-20-19(14-18)8-7-12-21-20/h7-10,12,14-17H,1-6H3. The molecule has 0 spiro atoms. The molecule has 0 saturated carbocycles. The first-order valence-corrected chi connectivity index (χ1v) is 10.5. The summed E-state index contributed by atoms with van der Waals surface area (Å²) in [6, 6.07) is 10.4. The van der Waals surface area contributed by atoms with Crippen molar-refractivity contribution in [3.8, 4) is 11.5 Å². The molecule has 2 aromatic rings. The maximum atomic E-state index is 4.38. The molecule has 1 nitrogen and oxygen atoms in total. The van der Waals surface area contributed by atoms with Crippen LogP contribution in [0.5, 0.6) is 0 Å². The summed E-state index contributed by atoms with van der Waals surface area (Å²) in [4.78, 5) is 4.38. The van der Waals surface area contributed by atoms with Crippen LogP contribution in [-0.4, -0.2) is 13.1 Å². The molecule has 0 unspecified atom stereocenters. The van der Waals surface area contributed by atoms with Gasteiger partial charge in [-0.2, -0.15) is 0 Å². The van der Waals surface area contributed by atoms with Crippen LogP contribution in [0.25, 0.3) is 10.9 Å². The molecule has 1 aromatic carbocycles. The highest BCUT2D eigenvalue weighted by molar-refractivity contribution is 6.90. The molecule has 0 aliphatic rings. The van der Waals surface area contributed by atoms with Gasteiger partial charge in [0.2, 0.25) is 0 Å². The van der Waals surface area contributed by atoms with Crippen molar-refractivity contribution in [2.45, 2.75) is 58.2 Å². The average molecular weight is 310 g/mol. The van der Waals surface area contributed by atoms with Crippen molar-refractivity contribution in [3.63, 3.8) is 0 Å². The normalized spacial score (nSPS) is 12.0. The lowest BCUT2D eigenvalue weighted by molar-refractivity contribution is 0.838. The number of fused-ring (bicyclic) bond motifs is 1. The van der Waals surface area contributed by atoms with Gasteiger partial charge in [0.1, 0.15) is 8.07 Å². The van der Waals surface area contributed by atoms with Crippen LogP contribution in [0.3, 0.4) is 0 Å².